The summed E-state index contributed by atoms with van der Waals surface area (Å²) in [4.78, 5) is 12.1. The molecular formula is C16H20N4OS2. The van der Waals surface area contributed by atoms with Crippen LogP contribution in [0.15, 0.2) is 34.7 Å². The van der Waals surface area contributed by atoms with Crippen molar-refractivity contribution in [3.63, 3.8) is 0 Å². The van der Waals surface area contributed by atoms with Gasteiger partial charge in [0.05, 0.1) is 5.75 Å². The number of anilines is 1. The summed E-state index contributed by atoms with van der Waals surface area (Å²) < 4.78 is 0.820. The first kappa shape index (κ1) is 16.3. The van der Waals surface area contributed by atoms with Crippen LogP contribution in [0.2, 0.25) is 0 Å². The maximum absolute atomic E-state index is 12.1. The van der Waals surface area contributed by atoms with E-state index in [2.05, 4.69) is 45.1 Å². The lowest BCUT2D eigenvalue weighted by Gasteiger charge is -2.16. The Hall–Kier alpha value is -1.60. The second kappa shape index (κ2) is 7.31. The van der Waals surface area contributed by atoms with Crippen LogP contribution >= 0.6 is 23.1 Å². The minimum absolute atomic E-state index is 0.0532. The maximum atomic E-state index is 12.1. The fraction of sp³-hybridized carbons (Fsp3) is 0.438. The molecule has 1 aromatic heterocycles. The first-order valence-electron chi connectivity index (χ1n) is 7.74. The second-order valence-electron chi connectivity index (χ2n) is 5.62. The summed E-state index contributed by atoms with van der Waals surface area (Å²) >= 11 is 2.92. The van der Waals surface area contributed by atoms with Gasteiger partial charge in [0.25, 0.3) is 0 Å². The molecule has 0 unspecified atom stereocenters. The molecule has 7 heteroatoms. The van der Waals surface area contributed by atoms with Gasteiger partial charge in [-0.1, -0.05) is 53.4 Å². The molecule has 1 amide bonds. The number of aromatic nitrogens is 2. The molecule has 0 radical (unpaired) electrons. The molecule has 0 atom stereocenters. The molecule has 0 saturated heterocycles. The number of amides is 1. The van der Waals surface area contributed by atoms with Crippen LogP contribution in [-0.2, 0) is 10.2 Å². The van der Waals surface area contributed by atoms with Gasteiger partial charge in [-0.25, -0.2) is 0 Å². The molecular weight excluding hydrogens is 328 g/mol. The van der Waals surface area contributed by atoms with Crippen molar-refractivity contribution in [2.45, 2.75) is 29.5 Å². The predicted molar refractivity (Wildman–Crippen MR) is 95.2 cm³/mol. The van der Waals surface area contributed by atoms with Crippen LogP contribution in [0.4, 0.5) is 5.13 Å². The number of thioether (sulfide) groups is 1. The van der Waals surface area contributed by atoms with Gasteiger partial charge in [0.1, 0.15) is 0 Å². The van der Waals surface area contributed by atoms with Gasteiger partial charge in [-0.05, 0) is 25.3 Å². The lowest BCUT2D eigenvalue weighted by atomic mass is 9.96. The first-order chi connectivity index (χ1) is 11.2. The van der Waals surface area contributed by atoms with Crippen LogP contribution in [0, 0.1) is 0 Å². The third-order valence-electron chi connectivity index (χ3n) is 3.92. The molecule has 2 aromatic rings. The van der Waals surface area contributed by atoms with E-state index < -0.39 is 0 Å². The van der Waals surface area contributed by atoms with Crippen LogP contribution in [0.5, 0.6) is 0 Å². The largest absolute Gasteiger partial charge is 0.360 e. The number of rotatable bonds is 8. The van der Waals surface area contributed by atoms with E-state index >= 15 is 0 Å². The zero-order valence-electron chi connectivity index (χ0n) is 13.0. The Morgan fingerprint density at radius 1 is 1.30 bits per heavy atom. The molecule has 0 bridgehead atoms. The number of hydrogen-bond acceptors (Lipinski definition) is 6. The van der Waals surface area contributed by atoms with E-state index in [1.807, 2.05) is 13.0 Å². The van der Waals surface area contributed by atoms with Crippen molar-refractivity contribution < 1.29 is 4.79 Å². The molecule has 1 saturated carbocycles. The van der Waals surface area contributed by atoms with Crippen LogP contribution in [0.25, 0.3) is 0 Å². The molecule has 1 aliphatic rings. The van der Waals surface area contributed by atoms with Crippen molar-refractivity contribution in [3.8, 4) is 0 Å². The molecule has 122 valence electrons. The molecule has 3 rings (SSSR count). The minimum atomic E-state index is 0.0532. The second-order valence-corrected chi connectivity index (χ2v) is 7.82. The molecule has 1 heterocycles. The Bertz CT molecular complexity index is 655. The average Bonchev–Trinajstić information content (AvgIpc) is 3.25. The Labute approximate surface area is 144 Å². The van der Waals surface area contributed by atoms with Gasteiger partial charge in [0.2, 0.25) is 11.0 Å². The van der Waals surface area contributed by atoms with Crippen LogP contribution in [-0.4, -0.2) is 34.9 Å². The fourth-order valence-electron chi connectivity index (χ4n) is 2.45. The Morgan fingerprint density at radius 3 is 2.78 bits per heavy atom. The molecule has 5 nitrogen and oxygen atoms in total. The normalized spacial score (nSPS) is 15.2. The summed E-state index contributed by atoms with van der Waals surface area (Å²) in [7, 11) is 0. The summed E-state index contributed by atoms with van der Waals surface area (Å²) in [6.45, 7) is 3.55. The summed E-state index contributed by atoms with van der Waals surface area (Å²) in [6.07, 6.45) is 2.29. The highest BCUT2D eigenvalue weighted by Crippen LogP contribution is 2.47. The van der Waals surface area contributed by atoms with Gasteiger partial charge >= 0.3 is 0 Å². The molecule has 1 aliphatic carbocycles. The summed E-state index contributed by atoms with van der Waals surface area (Å²) in [5, 5.41) is 15.1. The van der Waals surface area contributed by atoms with Crippen molar-refractivity contribution in [1.29, 1.82) is 0 Å². The summed E-state index contributed by atoms with van der Waals surface area (Å²) in [6, 6.07) is 10.4. The average molecular weight is 348 g/mol. The molecule has 2 N–H and O–H groups in total. The van der Waals surface area contributed by atoms with Crippen molar-refractivity contribution in [3.05, 3.63) is 35.9 Å². The van der Waals surface area contributed by atoms with E-state index in [-0.39, 0.29) is 11.3 Å². The van der Waals surface area contributed by atoms with E-state index in [1.165, 1.54) is 28.7 Å². The quantitative estimate of drug-likeness (QED) is 0.718. The predicted octanol–water partition coefficient (Wildman–Crippen LogP) is 2.91. The van der Waals surface area contributed by atoms with Gasteiger partial charge in [-0.15, -0.1) is 10.2 Å². The molecule has 23 heavy (non-hydrogen) atoms. The maximum Gasteiger partial charge on any atom is 0.230 e. The van der Waals surface area contributed by atoms with Gasteiger partial charge in [0, 0.05) is 18.5 Å². The molecule has 1 fully saturated rings. The number of nitrogens with one attached hydrogen (secondary N) is 2. The van der Waals surface area contributed by atoms with Crippen molar-refractivity contribution in [2.75, 3.05) is 24.2 Å². The SMILES string of the molecule is CCNc1nnc(SCC(=O)NCC2(c3ccccc3)CC2)s1. The van der Waals surface area contributed by atoms with Crippen molar-refractivity contribution >= 4 is 34.1 Å². The lowest BCUT2D eigenvalue weighted by molar-refractivity contribution is -0.118. The molecule has 0 spiro atoms. The Balaban J connectivity index is 1.45. The summed E-state index contributed by atoms with van der Waals surface area (Å²) in [5.41, 5.74) is 1.48. The van der Waals surface area contributed by atoms with E-state index in [0.29, 0.717) is 5.75 Å². The minimum Gasteiger partial charge on any atom is -0.360 e. The Kier molecular flexibility index (Phi) is 5.17. The van der Waals surface area contributed by atoms with Gasteiger partial charge in [-0.3, -0.25) is 4.79 Å². The van der Waals surface area contributed by atoms with Crippen LogP contribution in [0.1, 0.15) is 25.3 Å². The number of carbonyl (C=O) groups is 1. The van der Waals surface area contributed by atoms with Crippen LogP contribution < -0.4 is 10.6 Å². The van der Waals surface area contributed by atoms with E-state index in [9.17, 15) is 4.79 Å². The third-order valence-corrected chi connectivity index (χ3v) is 5.94. The number of nitrogens with zero attached hydrogens (tertiary/aromatic N) is 2. The zero-order chi connectivity index (χ0) is 16.1. The zero-order valence-corrected chi connectivity index (χ0v) is 14.7. The highest BCUT2D eigenvalue weighted by molar-refractivity contribution is 8.01. The number of carbonyl (C=O) groups excluding carboxylic acids is 1. The topological polar surface area (TPSA) is 66.9 Å². The molecule has 0 aliphatic heterocycles. The van der Waals surface area contributed by atoms with E-state index in [1.54, 1.807) is 0 Å². The molecule has 1 aromatic carbocycles. The monoisotopic (exact) mass is 348 g/mol. The number of hydrogen-bond donors (Lipinski definition) is 2. The standard InChI is InChI=1S/C16H20N4OS2/c1-2-17-14-19-20-15(23-14)22-10-13(21)18-11-16(8-9-16)12-6-4-3-5-7-12/h3-7H,2,8-11H2,1H3,(H,17,19)(H,18,21). The first-order valence-corrected chi connectivity index (χ1v) is 9.54. The lowest BCUT2D eigenvalue weighted by Crippen LogP contribution is -2.33. The third kappa shape index (κ3) is 4.23. The van der Waals surface area contributed by atoms with Gasteiger partial charge in [-0.2, -0.15) is 0 Å². The van der Waals surface area contributed by atoms with E-state index in [4.69, 9.17) is 0 Å². The summed E-state index contributed by atoms with van der Waals surface area (Å²) in [5.74, 6) is 0.434. The number of benzene rings is 1. The Morgan fingerprint density at radius 2 is 2.09 bits per heavy atom. The van der Waals surface area contributed by atoms with E-state index in [0.717, 1.165) is 35.4 Å². The van der Waals surface area contributed by atoms with Crippen LogP contribution in [0.3, 0.4) is 0 Å². The highest BCUT2D eigenvalue weighted by Gasteiger charge is 2.44. The highest BCUT2D eigenvalue weighted by atomic mass is 32.2. The fourth-order valence-corrected chi connectivity index (χ4v) is 4.10. The van der Waals surface area contributed by atoms with Crippen molar-refractivity contribution in [1.82, 2.24) is 15.5 Å². The van der Waals surface area contributed by atoms with Gasteiger partial charge in [0.15, 0.2) is 4.34 Å². The van der Waals surface area contributed by atoms with Crippen molar-refractivity contribution in [2.24, 2.45) is 0 Å². The smallest absolute Gasteiger partial charge is 0.230 e. The van der Waals surface area contributed by atoms with Gasteiger partial charge < -0.3 is 10.6 Å².